The highest BCUT2D eigenvalue weighted by Gasteiger charge is 2.18. The van der Waals surface area contributed by atoms with Crippen LogP contribution in [0.3, 0.4) is 0 Å². The quantitative estimate of drug-likeness (QED) is 0.285. The van der Waals surface area contributed by atoms with Crippen LogP contribution in [0.4, 0.5) is 14.6 Å². The number of carbonyl (C=O) groups is 1. The number of hydrogen-bond donors (Lipinski definition) is 2. The monoisotopic (exact) mass is 534 g/mol. The number of likely N-dealkylation sites (N-methyl/N-ethyl adjacent to an activating group) is 1. The second-order valence-electron chi connectivity index (χ2n) is 9.63. The lowest BCUT2D eigenvalue weighted by Crippen LogP contribution is -2.27. The maximum Gasteiger partial charge on any atom is 0.333 e. The molecule has 1 atom stereocenters. The Kier molecular flexibility index (Phi) is 8.55. The standard InChI is InChI=1S/C29H32F2N6O2/c1-18-5-7-25(39-10-9-36(3)4)14-26(18)28(38)35-19(2)21-11-22(20-6-8-27(32)33-15-20)13-23(12-21)24-16-34-37(17-24)29(30)31/h5-8,11-17,19,29H,9-10H2,1-4H3,(H2,32,33)(H,35,38)/t19-/m1/s1. The van der Waals surface area contributed by atoms with E-state index in [1.54, 1.807) is 18.3 Å². The van der Waals surface area contributed by atoms with Crippen LogP contribution < -0.4 is 15.8 Å². The first kappa shape index (κ1) is 27.7. The highest BCUT2D eigenvalue weighted by atomic mass is 19.3. The summed E-state index contributed by atoms with van der Waals surface area (Å²) in [5.74, 6) is 0.762. The molecule has 4 aromatic rings. The van der Waals surface area contributed by atoms with Gasteiger partial charge in [0.15, 0.2) is 0 Å². The Labute approximate surface area is 226 Å². The van der Waals surface area contributed by atoms with Gasteiger partial charge in [-0.25, -0.2) is 9.67 Å². The van der Waals surface area contributed by atoms with E-state index in [-0.39, 0.29) is 5.91 Å². The smallest absolute Gasteiger partial charge is 0.333 e. The van der Waals surface area contributed by atoms with Crippen LogP contribution in [-0.4, -0.2) is 52.8 Å². The van der Waals surface area contributed by atoms with Crippen molar-refractivity contribution in [3.8, 4) is 28.0 Å². The molecular formula is C29H32F2N6O2. The molecular weight excluding hydrogens is 502 g/mol. The number of benzene rings is 2. The number of nitrogens with one attached hydrogen (secondary N) is 1. The average Bonchev–Trinajstić information content (AvgIpc) is 3.40. The van der Waals surface area contributed by atoms with Gasteiger partial charge in [0.2, 0.25) is 0 Å². The summed E-state index contributed by atoms with van der Waals surface area (Å²) in [6, 6.07) is 14.2. The van der Waals surface area contributed by atoms with Gasteiger partial charge in [-0.1, -0.05) is 6.07 Å². The fourth-order valence-corrected chi connectivity index (χ4v) is 4.04. The number of rotatable bonds is 10. The van der Waals surface area contributed by atoms with Gasteiger partial charge in [0.05, 0.1) is 12.2 Å². The van der Waals surface area contributed by atoms with Gasteiger partial charge in [-0.2, -0.15) is 13.9 Å². The summed E-state index contributed by atoms with van der Waals surface area (Å²) in [4.78, 5) is 19.5. The van der Waals surface area contributed by atoms with Gasteiger partial charge in [-0.15, -0.1) is 0 Å². The summed E-state index contributed by atoms with van der Waals surface area (Å²) in [7, 11) is 3.93. The van der Waals surface area contributed by atoms with E-state index >= 15 is 0 Å². The molecule has 3 N–H and O–H groups in total. The number of carbonyl (C=O) groups excluding carboxylic acids is 1. The molecule has 0 aliphatic carbocycles. The van der Waals surface area contributed by atoms with Crippen molar-refractivity contribution in [3.05, 3.63) is 83.8 Å². The van der Waals surface area contributed by atoms with Crippen molar-refractivity contribution in [2.75, 3.05) is 33.0 Å². The van der Waals surface area contributed by atoms with Crippen LogP contribution in [0.15, 0.2) is 67.1 Å². The molecule has 0 fully saturated rings. The van der Waals surface area contributed by atoms with Crippen LogP contribution in [0, 0.1) is 6.92 Å². The van der Waals surface area contributed by atoms with Gasteiger partial charge in [-0.3, -0.25) is 4.79 Å². The summed E-state index contributed by atoms with van der Waals surface area (Å²) < 4.78 is 32.8. The predicted octanol–water partition coefficient (Wildman–Crippen LogP) is 5.33. The first-order valence-electron chi connectivity index (χ1n) is 12.5. The van der Waals surface area contributed by atoms with E-state index in [1.165, 1.54) is 12.4 Å². The van der Waals surface area contributed by atoms with E-state index in [9.17, 15) is 13.6 Å². The van der Waals surface area contributed by atoms with Crippen LogP contribution in [0.1, 0.15) is 41.0 Å². The van der Waals surface area contributed by atoms with Crippen LogP contribution in [-0.2, 0) is 0 Å². The van der Waals surface area contributed by atoms with Crippen molar-refractivity contribution < 1.29 is 18.3 Å². The summed E-state index contributed by atoms with van der Waals surface area (Å²) in [5.41, 5.74) is 10.7. The molecule has 0 saturated heterocycles. The molecule has 204 valence electrons. The molecule has 2 aromatic heterocycles. The molecule has 0 saturated carbocycles. The van der Waals surface area contributed by atoms with Crippen molar-refractivity contribution in [2.24, 2.45) is 0 Å². The number of nitrogens with two attached hydrogens (primary N) is 1. The summed E-state index contributed by atoms with van der Waals surface area (Å²) in [6.07, 6.45) is 4.34. The van der Waals surface area contributed by atoms with E-state index in [4.69, 9.17) is 10.5 Å². The van der Waals surface area contributed by atoms with Gasteiger partial charge in [0.25, 0.3) is 5.91 Å². The van der Waals surface area contributed by atoms with Crippen LogP contribution in [0.25, 0.3) is 22.3 Å². The van der Waals surface area contributed by atoms with Gasteiger partial charge >= 0.3 is 6.55 Å². The second kappa shape index (κ2) is 12.0. The normalized spacial score (nSPS) is 12.1. The predicted molar refractivity (Wildman–Crippen MR) is 148 cm³/mol. The van der Waals surface area contributed by atoms with E-state index < -0.39 is 12.6 Å². The highest BCUT2D eigenvalue weighted by Crippen LogP contribution is 2.31. The van der Waals surface area contributed by atoms with Crippen molar-refractivity contribution in [1.29, 1.82) is 0 Å². The Morgan fingerprint density at radius 2 is 1.79 bits per heavy atom. The maximum absolute atomic E-state index is 13.3. The number of aromatic nitrogens is 3. The van der Waals surface area contributed by atoms with E-state index in [2.05, 4.69) is 15.4 Å². The Morgan fingerprint density at radius 1 is 1.05 bits per heavy atom. The Morgan fingerprint density at radius 3 is 2.44 bits per heavy atom. The maximum atomic E-state index is 13.3. The van der Waals surface area contributed by atoms with Crippen LogP contribution in [0.2, 0.25) is 0 Å². The molecule has 2 aromatic carbocycles. The lowest BCUT2D eigenvalue weighted by atomic mass is 9.95. The molecule has 39 heavy (non-hydrogen) atoms. The fourth-order valence-electron chi connectivity index (χ4n) is 4.04. The number of aryl methyl sites for hydroxylation is 1. The van der Waals surface area contributed by atoms with Crippen molar-refractivity contribution in [1.82, 2.24) is 25.0 Å². The molecule has 10 heteroatoms. The fraction of sp³-hybridized carbons (Fsp3) is 0.276. The van der Waals surface area contributed by atoms with Crippen LogP contribution in [0.5, 0.6) is 5.75 Å². The second-order valence-corrected chi connectivity index (χ2v) is 9.63. The van der Waals surface area contributed by atoms with Gasteiger partial charge in [-0.05, 0) is 92.7 Å². The number of nitrogens with zero attached hydrogens (tertiary/aromatic N) is 4. The number of hydrogen-bond acceptors (Lipinski definition) is 6. The summed E-state index contributed by atoms with van der Waals surface area (Å²) in [5, 5.41) is 6.84. The Balaban J connectivity index is 1.63. The molecule has 0 radical (unpaired) electrons. The third-order valence-corrected chi connectivity index (χ3v) is 6.32. The Bertz CT molecular complexity index is 1440. The largest absolute Gasteiger partial charge is 0.492 e. The molecule has 4 rings (SSSR count). The number of anilines is 1. The molecule has 8 nitrogen and oxygen atoms in total. The molecule has 2 heterocycles. The van der Waals surface area contributed by atoms with Crippen LogP contribution >= 0.6 is 0 Å². The molecule has 0 spiro atoms. The number of nitrogen functional groups attached to an aromatic ring is 1. The first-order valence-corrected chi connectivity index (χ1v) is 12.5. The first-order chi connectivity index (χ1) is 18.6. The molecule has 0 aliphatic rings. The van der Waals surface area contributed by atoms with Crippen molar-refractivity contribution in [2.45, 2.75) is 26.4 Å². The zero-order chi connectivity index (χ0) is 28.1. The minimum atomic E-state index is -2.74. The van der Waals surface area contributed by atoms with Gasteiger partial charge < -0.3 is 20.7 Å². The molecule has 0 bridgehead atoms. The number of alkyl halides is 2. The summed E-state index contributed by atoms with van der Waals surface area (Å²) in [6.45, 7) is 2.26. The topological polar surface area (TPSA) is 98.3 Å². The highest BCUT2D eigenvalue weighted by molar-refractivity contribution is 5.96. The number of amides is 1. The minimum Gasteiger partial charge on any atom is -0.492 e. The molecule has 0 aliphatic heterocycles. The third-order valence-electron chi connectivity index (χ3n) is 6.32. The Hall–Kier alpha value is -4.31. The number of pyridine rings is 1. The van der Waals surface area contributed by atoms with E-state index in [1.807, 2.05) is 69.2 Å². The van der Waals surface area contributed by atoms with Gasteiger partial charge in [0.1, 0.15) is 18.2 Å². The van der Waals surface area contributed by atoms with Crippen molar-refractivity contribution in [3.63, 3.8) is 0 Å². The van der Waals surface area contributed by atoms with E-state index in [0.29, 0.717) is 39.5 Å². The molecule has 1 amide bonds. The number of halogens is 2. The SMILES string of the molecule is Cc1ccc(OCCN(C)C)cc1C(=O)N[C@H](C)c1cc(-c2ccc(N)nc2)cc(-c2cnn(C(F)F)c2)c1. The lowest BCUT2D eigenvalue weighted by Gasteiger charge is -2.18. The minimum absolute atomic E-state index is 0.246. The molecule has 0 unspecified atom stereocenters. The lowest BCUT2D eigenvalue weighted by molar-refractivity contribution is 0.0566. The number of ether oxygens (including phenoxy) is 1. The van der Waals surface area contributed by atoms with Gasteiger partial charge in [0, 0.05) is 35.6 Å². The van der Waals surface area contributed by atoms with E-state index in [0.717, 1.165) is 28.8 Å². The van der Waals surface area contributed by atoms with Crippen molar-refractivity contribution >= 4 is 11.7 Å². The summed E-state index contributed by atoms with van der Waals surface area (Å²) >= 11 is 0. The zero-order valence-electron chi connectivity index (χ0n) is 22.4. The zero-order valence-corrected chi connectivity index (χ0v) is 22.4. The average molecular weight is 535 g/mol. The third kappa shape index (κ3) is 6.97.